The van der Waals surface area contributed by atoms with Crippen molar-refractivity contribution in [2.45, 2.75) is 54.0 Å². The van der Waals surface area contributed by atoms with Gasteiger partial charge >= 0.3 is 0 Å². The number of nitrogens with zero attached hydrogens (tertiary/aromatic N) is 2. The van der Waals surface area contributed by atoms with E-state index in [-0.39, 0.29) is 0 Å². The van der Waals surface area contributed by atoms with Crippen molar-refractivity contribution in [2.75, 3.05) is 0 Å². The molecular weight excluding hydrogens is 224 g/mol. The molecule has 0 aliphatic carbocycles. The summed E-state index contributed by atoms with van der Waals surface area (Å²) in [5, 5.41) is 6.25. The predicted octanol–water partition coefficient (Wildman–Crippen LogP) is 3.00. The van der Waals surface area contributed by atoms with Crippen LogP contribution in [-0.2, 0) is 0 Å². The van der Waals surface area contributed by atoms with E-state index in [4.69, 9.17) is 5.73 Å². The third-order valence-corrected chi connectivity index (χ3v) is 2.88. The van der Waals surface area contributed by atoms with Crippen LogP contribution in [0.25, 0.3) is 0 Å². The zero-order valence-corrected chi connectivity index (χ0v) is 12.6. The first kappa shape index (κ1) is 16.6. The Morgan fingerprint density at radius 3 is 2.39 bits per heavy atom. The summed E-state index contributed by atoms with van der Waals surface area (Å²) in [5.41, 5.74) is 11.8. The van der Waals surface area contributed by atoms with E-state index in [9.17, 15) is 0 Å². The van der Waals surface area contributed by atoms with Crippen molar-refractivity contribution in [3.8, 4) is 0 Å². The Morgan fingerprint density at radius 1 is 1.44 bits per heavy atom. The normalized spacial score (nSPS) is 18.6. The van der Waals surface area contributed by atoms with E-state index >= 15 is 0 Å². The van der Waals surface area contributed by atoms with Crippen molar-refractivity contribution in [3.05, 3.63) is 24.0 Å². The van der Waals surface area contributed by atoms with Crippen molar-refractivity contribution >= 4 is 5.71 Å². The van der Waals surface area contributed by atoms with Gasteiger partial charge in [0, 0.05) is 11.7 Å². The number of hydrazone groups is 1. The van der Waals surface area contributed by atoms with Crippen LogP contribution in [-0.4, -0.2) is 16.8 Å². The van der Waals surface area contributed by atoms with Gasteiger partial charge in [-0.05, 0) is 25.3 Å². The topological polar surface area (TPSA) is 53.7 Å². The van der Waals surface area contributed by atoms with Gasteiger partial charge in [0.1, 0.15) is 11.4 Å². The van der Waals surface area contributed by atoms with Gasteiger partial charge in [0.2, 0.25) is 0 Å². The third-order valence-electron chi connectivity index (χ3n) is 2.88. The van der Waals surface area contributed by atoms with Crippen LogP contribution in [0.2, 0.25) is 0 Å². The van der Waals surface area contributed by atoms with Gasteiger partial charge in [0.25, 0.3) is 0 Å². The molecule has 1 rings (SSSR count). The minimum atomic E-state index is 0.298. The van der Waals surface area contributed by atoms with Gasteiger partial charge in [-0.3, -0.25) is 5.01 Å². The molecular formula is C14H28N4. The molecule has 4 nitrogen and oxygen atoms in total. The molecule has 0 fully saturated rings. The summed E-state index contributed by atoms with van der Waals surface area (Å²) in [6.45, 7) is 16.2. The number of allylic oxidation sites excluding steroid dienone is 2. The molecule has 0 spiro atoms. The molecule has 0 aromatic rings. The molecule has 0 aromatic heterocycles. The van der Waals surface area contributed by atoms with E-state index in [0.29, 0.717) is 12.0 Å². The summed E-state index contributed by atoms with van der Waals surface area (Å²) in [6, 6.07) is 0.355. The van der Waals surface area contributed by atoms with Crippen LogP contribution in [0.5, 0.6) is 0 Å². The van der Waals surface area contributed by atoms with Crippen LogP contribution in [0.3, 0.4) is 0 Å². The fraction of sp³-hybridized carbons (Fsp3) is 0.643. The van der Waals surface area contributed by atoms with E-state index in [1.807, 2.05) is 18.9 Å². The maximum absolute atomic E-state index is 6.14. The lowest BCUT2D eigenvalue weighted by Gasteiger charge is -2.27. The number of hydrazine groups is 1. The monoisotopic (exact) mass is 252 g/mol. The molecule has 0 aromatic carbocycles. The zero-order chi connectivity index (χ0) is 14.3. The molecule has 3 N–H and O–H groups in total. The number of nitrogens with two attached hydrogens (primary N) is 1. The van der Waals surface area contributed by atoms with Gasteiger partial charge in [-0.25, -0.2) is 5.53 Å². The maximum Gasteiger partial charge on any atom is 0.111 e. The smallest absolute Gasteiger partial charge is 0.111 e. The summed E-state index contributed by atoms with van der Waals surface area (Å²) < 4.78 is 0. The van der Waals surface area contributed by atoms with E-state index in [1.165, 1.54) is 0 Å². The van der Waals surface area contributed by atoms with Crippen LogP contribution in [0.1, 0.15) is 48.0 Å². The molecule has 1 unspecified atom stereocenters. The Balaban J connectivity index is 0.00000137. The van der Waals surface area contributed by atoms with E-state index in [1.54, 1.807) is 6.08 Å². The summed E-state index contributed by atoms with van der Waals surface area (Å²) in [7, 11) is 0. The first-order valence-corrected chi connectivity index (χ1v) is 6.77. The van der Waals surface area contributed by atoms with Crippen molar-refractivity contribution < 1.29 is 0 Å². The standard InChI is InChI=1S/C12H22N4.C2H6/c1-6-9(5)16-12(11(13)8(3)4)10(7-2)14-15-16;1-2/h7-9,15H,2,6,13H2,1,3-5H3;1-2H3/b12-11+;. The van der Waals surface area contributed by atoms with Gasteiger partial charge in [-0.15, -0.1) is 0 Å². The van der Waals surface area contributed by atoms with Crippen LogP contribution < -0.4 is 11.3 Å². The number of hydrogen-bond donors (Lipinski definition) is 2. The van der Waals surface area contributed by atoms with Crippen molar-refractivity contribution in [2.24, 2.45) is 16.8 Å². The average molecular weight is 252 g/mol. The Kier molecular flexibility index (Phi) is 7.17. The lowest BCUT2D eigenvalue weighted by molar-refractivity contribution is 0.207. The molecule has 0 amide bonds. The number of hydrogen-bond acceptors (Lipinski definition) is 4. The van der Waals surface area contributed by atoms with E-state index < -0.39 is 0 Å². The molecule has 1 heterocycles. The van der Waals surface area contributed by atoms with Crippen LogP contribution in [0.4, 0.5) is 0 Å². The fourth-order valence-corrected chi connectivity index (χ4v) is 1.54. The quantitative estimate of drug-likeness (QED) is 0.808. The Hall–Kier alpha value is -1.45. The molecule has 1 aliphatic heterocycles. The number of rotatable bonds is 4. The van der Waals surface area contributed by atoms with Crippen molar-refractivity contribution in [3.63, 3.8) is 0 Å². The molecule has 0 radical (unpaired) electrons. The Bertz CT molecular complexity index is 329. The van der Waals surface area contributed by atoms with E-state index in [2.05, 4.69) is 44.9 Å². The van der Waals surface area contributed by atoms with Gasteiger partial charge in [-0.1, -0.05) is 41.2 Å². The highest BCUT2D eigenvalue weighted by Crippen LogP contribution is 2.21. The molecule has 4 heteroatoms. The van der Waals surface area contributed by atoms with Crippen LogP contribution >= 0.6 is 0 Å². The van der Waals surface area contributed by atoms with Gasteiger partial charge < -0.3 is 5.73 Å². The molecule has 1 aliphatic rings. The highest BCUT2D eigenvalue weighted by Gasteiger charge is 2.26. The molecule has 104 valence electrons. The summed E-state index contributed by atoms with van der Waals surface area (Å²) in [4.78, 5) is 0. The lowest BCUT2D eigenvalue weighted by Crippen LogP contribution is -2.39. The molecule has 18 heavy (non-hydrogen) atoms. The molecule has 0 saturated carbocycles. The third kappa shape index (κ3) is 3.52. The summed E-state index contributed by atoms with van der Waals surface area (Å²) in [6.07, 6.45) is 2.77. The summed E-state index contributed by atoms with van der Waals surface area (Å²) >= 11 is 0. The van der Waals surface area contributed by atoms with Crippen LogP contribution in [0.15, 0.2) is 29.2 Å². The largest absolute Gasteiger partial charge is 0.400 e. The molecule has 0 bridgehead atoms. The van der Waals surface area contributed by atoms with Crippen molar-refractivity contribution in [1.82, 2.24) is 10.5 Å². The number of nitrogens with one attached hydrogen (secondary N) is 1. The minimum Gasteiger partial charge on any atom is -0.400 e. The molecule has 1 atom stereocenters. The average Bonchev–Trinajstić information content (AvgIpc) is 2.82. The van der Waals surface area contributed by atoms with E-state index in [0.717, 1.165) is 23.5 Å². The highest BCUT2D eigenvalue weighted by atomic mass is 15.7. The summed E-state index contributed by atoms with van der Waals surface area (Å²) in [5.74, 6) is 0.298. The first-order chi connectivity index (χ1) is 8.52. The first-order valence-electron chi connectivity index (χ1n) is 6.77. The molecule has 0 saturated heterocycles. The fourth-order valence-electron chi connectivity index (χ4n) is 1.54. The van der Waals surface area contributed by atoms with Gasteiger partial charge in [0.15, 0.2) is 0 Å². The van der Waals surface area contributed by atoms with Crippen LogP contribution in [0, 0.1) is 5.92 Å². The predicted molar refractivity (Wildman–Crippen MR) is 79.8 cm³/mol. The second kappa shape index (κ2) is 7.80. The second-order valence-corrected chi connectivity index (χ2v) is 4.39. The zero-order valence-electron chi connectivity index (χ0n) is 12.6. The lowest BCUT2D eigenvalue weighted by atomic mass is 10.0. The Labute approximate surface area is 112 Å². The minimum absolute atomic E-state index is 0.298. The SMILES string of the molecule is C=CC1=NNN(C(C)CC)/C1=C(/N)C(C)C.CC. The van der Waals surface area contributed by atoms with Gasteiger partial charge in [-0.2, -0.15) is 5.10 Å². The second-order valence-electron chi connectivity index (χ2n) is 4.39. The van der Waals surface area contributed by atoms with Gasteiger partial charge in [0.05, 0.1) is 0 Å². The maximum atomic E-state index is 6.14. The van der Waals surface area contributed by atoms with Crippen molar-refractivity contribution in [1.29, 1.82) is 0 Å². The Morgan fingerprint density at radius 2 is 2.00 bits per heavy atom. The highest BCUT2D eigenvalue weighted by molar-refractivity contribution is 6.08.